The topological polar surface area (TPSA) is 150 Å². The Bertz CT molecular complexity index is 1430. The molecule has 0 radical (unpaired) electrons. The molecule has 0 aliphatic rings. The third-order valence-corrected chi connectivity index (χ3v) is 6.26. The van der Waals surface area contributed by atoms with Gasteiger partial charge in [-0.1, -0.05) is 42.5 Å². The SMILES string of the molecule is NC(=O)CC[C@H](NC(=O)c1ccc(NCC(c2ccc(F)cc2)c2ncc[nH]2)cc1-c1ccccc1)C(=O)O. The van der Waals surface area contributed by atoms with Gasteiger partial charge in [-0.05, 0) is 53.4 Å². The molecule has 6 N–H and O–H groups in total. The molecule has 0 saturated carbocycles. The van der Waals surface area contributed by atoms with Crippen LogP contribution in [0.25, 0.3) is 11.1 Å². The molecule has 3 aromatic carbocycles. The van der Waals surface area contributed by atoms with Crippen molar-refractivity contribution in [2.75, 3.05) is 11.9 Å². The van der Waals surface area contributed by atoms with Gasteiger partial charge in [-0.25, -0.2) is 14.2 Å². The number of nitrogens with zero attached hydrogens (tertiary/aromatic N) is 1. The minimum absolute atomic E-state index is 0.117. The van der Waals surface area contributed by atoms with E-state index in [1.165, 1.54) is 12.1 Å². The van der Waals surface area contributed by atoms with Gasteiger partial charge in [-0.15, -0.1) is 0 Å². The number of carbonyl (C=O) groups is 3. The summed E-state index contributed by atoms with van der Waals surface area (Å²) >= 11 is 0. The van der Waals surface area contributed by atoms with E-state index in [1.807, 2.05) is 36.4 Å². The lowest BCUT2D eigenvalue weighted by atomic mass is 9.96. The number of rotatable bonds is 12. The molecule has 0 aliphatic carbocycles. The minimum Gasteiger partial charge on any atom is -0.480 e. The molecule has 9 nitrogen and oxygen atoms in total. The van der Waals surface area contributed by atoms with Gasteiger partial charge in [0.1, 0.15) is 17.7 Å². The molecule has 2 atom stereocenters. The highest BCUT2D eigenvalue weighted by atomic mass is 19.1. The van der Waals surface area contributed by atoms with Gasteiger partial charge in [0.2, 0.25) is 5.91 Å². The lowest BCUT2D eigenvalue weighted by molar-refractivity contribution is -0.139. The number of nitrogens with two attached hydrogens (primary N) is 1. The van der Waals surface area contributed by atoms with E-state index >= 15 is 0 Å². The molecule has 1 aromatic heterocycles. The first-order chi connectivity index (χ1) is 18.8. The average molecular weight is 530 g/mol. The number of imidazole rings is 1. The molecule has 0 saturated heterocycles. The molecule has 1 unspecified atom stereocenters. The minimum atomic E-state index is -1.27. The molecular weight excluding hydrogens is 501 g/mol. The summed E-state index contributed by atoms with van der Waals surface area (Å²) in [4.78, 5) is 43.5. The summed E-state index contributed by atoms with van der Waals surface area (Å²) in [6.07, 6.45) is 3.09. The lowest BCUT2D eigenvalue weighted by Gasteiger charge is -2.19. The quantitative estimate of drug-likeness (QED) is 0.188. The van der Waals surface area contributed by atoms with Crippen molar-refractivity contribution < 1.29 is 23.9 Å². The maximum atomic E-state index is 13.5. The Balaban J connectivity index is 1.60. The molecule has 39 heavy (non-hydrogen) atoms. The second-order valence-electron chi connectivity index (χ2n) is 8.96. The van der Waals surface area contributed by atoms with Gasteiger partial charge in [0.05, 0.1) is 5.92 Å². The maximum Gasteiger partial charge on any atom is 0.326 e. The molecule has 4 rings (SSSR count). The molecule has 0 spiro atoms. The number of benzene rings is 3. The summed E-state index contributed by atoms with van der Waals surface area (Å²) in [6, 6.07) is 19.3. The molecular formula is C29H28FN5O4. The predicted molar refractivity (Wildman–Crippen MR) is 145 cm³/mol. The average Bonchev–Trinajstić information content (AvgIpc) is 3.47. The van der Waals surface area contributed by atoms with Crippen LogP contribution >= 0.6 is 0 Å². The highest BCUT2D eigenvalue weighted by Crippen LogP contribution is 2.29. The number of primary amides is 1. The van der Waals surface area contributed by atoms with Crippen LogP contribution in [0, 0.1) is 5.82 Å². The lowest BCUT2D eigenvalue weighted by Crippen LogP contribution is -2.41. The van der Waals surface area contributed by atoms with Crippen LogP contribution in [-0.4, -0.2) is 45.4 Å². The molecule has 4 aromatic rings. The van der Waals surface area contributed by atoms with Crippen LogP contribution in [0.2, 0.25) is 0 Å². The highest BCUT2D eigenvalue weighted by molar-refractivity contribution is 6.03. The number of aromatic amines is 1. The van der Waals surface area contributed by atoms with Gasteiger partial charge in [-0.2, -0.15) is 0 Å². The molecule has 0 aliphatic heterocycles. The second kappa shape index (κ2) is 12.5. The fourth-order valence-corrected chi connectivity index (χ4v) is 4.24. The Morgan fingerprint density at radius 1 is 1.03 bits per heavy atom. The first kappa shape index (κ1) is 27.1. The molecule has 1 heterocycles. The van der Waals surface area contributed by atoms with Crippen molar-refractivity contribution in [3.8, 4) is 11.1 Å². The zero-order chi connectivity index (χ0) is 27.8. The molecule has 200 valence electrons. The monoisotopic (exact) mass is 529 g/mol. The van der Waals surface area contributed by atoms with Gasteiger partial charge in [0.25, 0.3) is 5.91 Å². The van der Waals surface area contributed by atoms with Crippen LogP contribution in [-0.2, 0) is 9.59 Å². The van der Waals surface area contributed by atoms with Crippen molar-refractivity contribution in [2.24, 2.45) is 5.73 Å². The standard InChI is InChI=1S/C29H28FN5O4/c30-20-8-6-19(7-9-20)24(27-32-14-15-33-27)17-34-21-10-11-22(23(16-21)18-4-2-1-3-5-18)28(37)35-25(29(38)39)12-13-26(31)36/h1-11,14-16,24-25,34H,12-13,17H2,(H2,31,36)(H,32,33)(H,35,37)(H,38,39)/t24?,25-/m0/s1. The van der Waals surface area contributed by atoms with Crippen molar-refractivity contribution >= 4 is 23.5 Å². The first-order valence-electron chi connectivity index (χ1n) is 12.3. The normalized spacial score (nSPS) is 12.3. The number of carbonyl (C=O) groups excluding carboxylic acids is 2. The number of amides is 2. The van der Waals surface area contributed by atoms with Crippen molar-refractivity contribution in [1.29, 1.82) is 0 Å². The van der Waals surface area contributed by atoms with Gasteiger partial charge >= 0.3 is 5.97 Å². The van der Waals surface area contributed by atoms with Crippen LogP contribution in [0.5, 0.6) is 0 Å². The fourth-order valence-electron chi connectivity index (χ4n) is 4.24. The smallest absolute Gasteiger partial charge is 0.326 e. The largest absolute Gasteiger partial charge is 0.480 e. The predicted octanol–water partition coefficient (Wildman–Crippen LogP) is 3.91. The van der Waals surface area contributed by atoms with E-state index in [2.05, 4.69) is 20.6 Å². The van der Waals surface area contributed by atoms with Crippen molar-refractivity contribution in [1.82, 2.24) is 15.3 Å². The second-order valence-corrected chi connectivity index (χ2v) is 8.96. The van der Waals surface area contributed by atoms with Crippen molar-refractivity contribution in [3.05, 3.63) is 108 Å². The van der Waals surface area contributed by atoms with Crippen LogP contribution in [0.4, 0.5) is 10.1 Å². The van der Waals surface area contributed by atoms with Crippen LogP contribution in [0.1, 0.15) is 40.5 Å². The Labute approximate surface area is 224 Å². The zero-order valence-corrected chi connectivity index (χ0v) is 20.9. The number of hydrogen-bond donors (Lipinski definition) is 5. The molecule has 0 bridgehead atoms. The Morgan fingerprint density at radius 2 is 1.77 bits per heavy atom. The number of halogens is 1. The number of aromatic nitrogens is 2. The Morgan fingerprint density at radius 3 is 2.41 bits per heavy atom. The van der Waals surface area contributed by atoms with Gasteiger partial charge in [-0.3, -0.25) is 9.59 Å². The van der Waals surface area contributed by atoms with Gasteiger partial charge in [0, 0.05) is 36.6 Å². The van der Waals surface area contributed by atoms with Crippen molar-refractivity contribution in [2.45, 2.75) is 24.8 Å². The van der Waals surface area contributed by atoms with Gasteiger partial charge < -0.3 is 26.5 Å². The highest BCUT2D eigenvalue weighted by Gasteiger charge is 2.23. The van der Waals surface area contributed by atoms with E-state index in [4.69, 9.17) is 5.73 Å². The number of carboxylic acids is 1. The van der Waals surface area contributed by atoms with Crippen LogP contribution < -0.4 is 16.4 Å². The van der Waals surface area contributed by atoms with Gasteiger partial charge in [0.15, 0.2) is 0 Å². The number of aliphatic carboxylic acids is 1. The van der Waals surface area contributed by atoms with E-state index in [-0.39, 0.29) is 30.1 Å². The Hall–Kier alpha value is -4.99. The number of anilines is 1. The Kier molecular flexibility index (Phi) is 8.67. The summed E-state index contributed by atoms with van der Waals surface area (Å²) in [6.45, 7) is 0.424. The number of H-pyrrole nitrogens is 1. The molecule has 2 amide bonds. The number of nitrogens with one attached hydrogen (secondary N) is 3. The van der Waals surface area contributed by atoms with E-state index in [1.54, 1.807) is 36.7 Å². The summed E-state index contributed by atoms with van der Waals surface area (Å²) in [5, 5.41) is 15.4. The van der Waals surface area contributed by atoms with E-state index < -0.39 is 23.8 Å². The third-order valence-electron chi connectivity index (χ3n) is 6.26. The van der Waals surface area contributed by atoms with E-state index in [0.717, 1.165) is 11.1 Å². The first-order valence-corrected chi connectivity index (χ1v) is 12.3. The maximum absolute atomic E-state index is 13.5. The van der Waals surface area contributed by atoms with Crippen molar-refractivity contribution in [3.63, 3.8) is 0 Å². The summed E-state index contributed by atoms with van der Waals surface area (Å²) < 4.78 is 13.5. The molecule has 10 heteroatoms. The van der Waals surface area contributed by atoms with E-state index in [0.29, 0.717) is 23.6 Å². The summed E-state index contributed by atoms with van der Waals surface area (Å²) in [5.41, 5.74) is 8.36. The zero-order valence-electron chi connectivity index (χ0n) is 20.9. The summed E-state index contributed by atoms with van der Waals surface area (Å²) in [5.74, 6) is -2.31. The fraction of sp³-hybridized carbons (Fsp3) is 0.172. The summed E-state index contributed by atoms with van der Waals surface area (Å²) in [7, 11) is 0. The van der Waals surface area contributed by atoms with Crippen LogP contribution in [0.15, 0.2) is 85.2 Å². The van der Waals surface area contributed by atoms with E-state index in [9.17, 15) is 23.9 Å². The third kappa shape index (κ3) is 7.07. The molecule has 0 fully saturated rings. The van der Waals surface area contributed by atoms with Crippen LogP contribution in [0.3, 0.4) is 0 Å². The number of carboxylic acid groups (broad SMARTS) is 1. The number of hydrogen-bond acceptors (Lipinski definition) is 5.